The van der Waals surface area contributed by atoms with E-state index in [1.165, 1.54) is 0 Å². The number of hydrogen-bond acceptors (Lipinski definition) is 5. The molecule has 1 saturated heterocycles. The van der Waals surface area contributed by atoms with Crippen LogP contribution in [-0.4, -0.2) is 40.5 Å². The second-order valence-electron chi connectivity index (χ2n) is 7.59. The zero-order valence-corrected chi connectivity index (χ0v) is 16.3. The van der Waals surface area contributed by atoms with Crippen LogP contribution >= 0.6 is 0 Å². The summed E-state index contributed by atoms with van der Waals surface area (Å²) in [5, 5.41) is -0.462. The molecule has 2 aromatic rings. The molecule has 0 radical (unpaired) electrons. The Hall–Kier alpha value is -2.28. The van der Waals surface area contributed by atoms with E-state index in [1.54, 1.807) is 44.4 Å². The highest BCUT2D eigenvalue weighted by Gasteiger charge is 2.42. The van der Waals surface area contributed by atoms with Crippen LogP contribution in [0.4, 0.5) is 0 Å². The first-order valence-corrected chi connectivity index (χ1v) is 10.9. The van der Waals surface area contributed by atoms with Gasteiger partial charge in [-0.15, -0.1) is 0 Å². The number of carbonyl (C=O) groups excluding carboxylic acids is 1. The first kappa shape index (κ1) is 18.1. The van der Waals surface area contributed by atoms with E-state index in [1.807, 2.05) is 11.1 Å². The van der Waals surface area contributed by atoms with Crippen molar-refractivity contribution in [1.29, 1.82) is 0 Å². The molecule has 4 rings (SSSR count). The average molecular weight is 385 g/mol. The third-order valence-corrected chi connectivity index (χ3v) is 7.80. The number of hydrogen-bond donors (Lipinski definition) is 0. The Kier molecular flexibility index (Phi) is 4.50. The maximum Gasteiger partial charge on any atom is 0.227 e. The van der Waals surface area contributed by atoms with Crippen LogP contribution < -0.4 is 0 Å². The summed E-state index contributed by atoms with van der Waals surface area (Å²) in [7, 11) is -3.29. The molecule has 1 fully saturated rings. The molecule has 1 amide bonds. The van der Waals surface area contributed by atoms with E-state index in [9.17, 15) is 13.2 Å². The fraction of sp³-hybridized carbons (Fsp3) is 0.450. The average Bonchev–Trinajstić information content (AvgIpc) is 2.97. The number of fused-ring (bicyclic) bond motifs is 4. The van der Waals surface area contributed by atoms with E-state index in [0.29, 0.717) is 4.90 Å². The summed E-state index contributed by atoms with van der Waals surface area (Å²) in [6.45, 7) is 3.33. The van der Waals surface area contributed by atoms with Crippen LogP contribution in [0.2, 0.25) is 0 Å². The van der Waals surface area contributed by atoms with E-state index in [4.69, 9.17) is 0 Å². The van der Waals surface area contributed by atoms with Crippen molar-refractivity contribution in [2.24, 2.45) is 0 Å². The normalized spacial score (nSPS) is 21.4. The molecule has 142 valence electrons. The van der Waals surface area contributed by atoms with Crippen molar-refractivity contribution in [3.8, 4) is 0 Å². The molecule has 0 spiro atoms. The molecule has 0 aliphatic carbocycles. The molecule has 0 saturated carbocycles. The van der Waals surface area contributed by atoms with Crippen LogP contribution in [0.15, 0.2) is 41.7 Å². The highest BCUT2D eigenvalue weighted by Crippen LogP contribution is 2.42. The molecule has 7 heteroatoms. The van der Waals surface area contributed by atoms with E-state index >= 15 is 0 Å². The van der Waals surface area contributed by atoms with Crippen LogP contribution in [0, 0.1) is 0 Å². The first-order chi connectivity index (χ1) is 12.9. The minimum atomic E-state index is -3.29. The zero-order chi connectivity index (χ0) is 19.2. The van der Waals surface area contributed by atoms with Gasteiger partial charge >= 0.3 is 0 Å². The lowest BCUT2D eigenvalue weighted by Crippen LogP contribution is -2.43. The number of amides is 1. The Morgan fingerprint density at radius 1 is 1.22 bits per heavy atom. The Morgan fingerprint density at radius 2 is 1.96 bits per heavy atom. The molecule has 1 aromatic carbocycles. The SMILES string of the molecule is CC(C)S(=O)(=O)c1ccc(CC(=O)N2C3CCC2c2cncnc2C3)cc1. The number of aromatic nitrogens is 2. The summed E-state index contributed by atoms with van der Waals surface area (Å²) in [6.07, 6.45) is 6.40. The van der Waals surface area contributed by atoms with Gasteiger partial charge in [0, 0.05) is 24.2 Å². The standard InChI is InChI=1S/C20H23N3O3S/c1-13(2)27(25,26)16-6-3-14(4-7-16)9-20(24)23-15-5-8-19(23)17-11-21-12-22-18(17)10-15/h3-4,6-7,11-13,15,19H,5,8-10H2,1-2H3. The van der Waals surface area contributed by atoms with Crippen molar-refractivity contribution in [1.82, 2.24) is 14.9 Å². The van der Waals surface area contributed by atoms with Crippen LogP contribution in [0.3, 0.4) is 0 Å². The number of rotatable bonds is 4. The molecule has 6 nitrogen and oxygen atoms in total. The summed E-state index contributed by atoms with van der Waals surface area (Å²) in [6, 6.07) is 6.96. The molecule has 3 heterocycles. The van der Waals surface area contributed by atoms with Gasteiger partial charge in [0.1, 0.15) is 6.33 Å². The highest BCUT2D eigenvalue weighted by atomic mass is 32.2. The fourth-order valence-electron chi connectivity index (χ4n) is 4.14. The minimum absolute atomic E-state index is 0.0630. The van der Waals surface area contributed by atoms with Crippen LogP contribution in [-0.2, 0) is 27.5 Å². The maximum atomic E-state index is 13.0. The largest absolute Gasteiger partial charge is 0.332 e. The maximum absolute atomic E-state index is 13.0. The topological polar surface area (TPSA) is 80.2 Å². The molecular weight excluding hydrogens is 362 g/mol. The van der Waals surface area contributed by atoms with E-state index in [2.05, 4.69) is 9.97 Å². The van der Waals surface area contributed by atoms with E-state index in [0.717, 1.165) is 36.1 Å². The lowest BCUT2D eigenvalue weighted by Gasteiger charge is -2.35. The number of sulfone groups is 1. The van der Waals surface area contributed by atoms with Gasteiger partial charge in [-0.25, -0.2) is 18.4 Å². The van der Waals surface area contributed by atoms with Crippen molar-refractivity contribution in [3.05, 3.63) is 53.6 Å². The molecule has 2 unspecified atom stereocenters. The number of carbonyl (C=O) groups is 1. The quantitative estimate of drug-likeness (QED) is 0.808. The smallest absolute Gasteiger partial charge is 0.227 e. The Bertz CT molecular complexity index is 970. The van der Waals surface area contributed by atoms with Gasteiger partial charge in [0.25, 0.3) is 0 Å². The lowest BCUT2D eigenvalue weighted by atomic mass is 9.98. The van der Waals surface area contributed by atoms with Crippen molar-refractivity contribution >= 4 is 15.7 Å². The second-order valence-corrected chi connectivity index (χ2v) is 10.1. The lowest BCUT2D eigenvalue weighted by molar-refractivity contribution is -0.134. The molecule has 2 aliphatic rings. The predicted molar refractivity (Wildman–Crippen MR) is 101 cm³/mol. The Balaban J connectivity index is 1.52. The van der Waals surface area contributed by atoms with Crippen LogP contribution in [0.5, 0.6) is 0 Å². The number of nitrogens with zero attached hydrogens (tertiary/aromatic N) is 3. The number of benzene rings is 1. The molecule has 1 aromatic heterocycles. The Labute approximate surface area is 159 Å². The molecule has 2 atom stereocenters. The molecule has 2 bridgehead atoms. The van der Waals surface area contributed by atoms with Crippen molar-refractivity contribution in [3.63, 3.8) is 0 Å². The van der Waals surface area contributed by atoms with Gasteiger partial charge in [0.15, 0.2) is 9.84 Å². The molecule has 0 N–H and O–H groups in total. The summed E-state index contributed by atoms with van der Waals surface area (Å²) >= 11 is 0. The van der Waals surface area contributed by atoms with Gasteiger partial charge in [-0.1, -0.05) is 12.1 Å². The van der Waals surface area contributed by atoms with Gasteiger partial charge in [-0.3, -0.25) is 4.79 Å². The van der Waals surface area contributed by atoms with Crippen molar-refractivity contribution < 1.29 is 13.2 Å². The summed E-state index contributed by atoms with van der Waals surface area (Å²) in [4.78, 5) is 23.8. The van der Waals surface area contributed by atoms with Gasteiger partial charge < -0.3 is 4.90 Å². The van der Waals surface area contributed by atoms with Crippen LogP contribution in [0.1, 0.15) is 49.6 Å². The first-order valence-electron chi connectivity index (χ1n) is 9.30. The van der Waals surface area contributed by atoms with E-state index in [-0.39, 0.29) is 24.4 Å². The molecule has 27 heavy (non-hydrogen) atoms. The predicted octanol–water partition coefficient (Wildman–Crippen LogP) is 2.49. The van der Waals surface area contributed by atoms with Crippen LogP contribution in [0.25, 0.3) is 0 Å². The third-order valence-electron chi connectivity index (χ3n) is 5.63. The van der Waals surface area contributed by atoms with Gasteiger partial charge in [0.2, 0.25) is 5.91 Å². The highest BCUT2D eigenvalue weighted by molar-refractivity contribution is 7.92. The third kappa shape index (κ3) is 3.14. The van der Waals surface area contributed by atoms with Crippen molar-refractivity contribution in [2.75, 3.05) is 0 Å². The van der Waals surface area contributed by atoms with E-state index < -0.39 is 15.1 Å². The zero-order valence-electron chi connectivity index (χ0n) is 15.5. The fourth-order valence-corrected chi connectivity index (χ4v) is 5.20. The summed E-state index contributed by atoms with van der Waals surface area (Å²) in [5.41, 5.74) is 2.96. The van der Waals surface area contributed by atoms with Crippen molar-refractivity contribution in [2.45, 2.75) is 61.8 Å². The van der Waals surface area contributed by atoms with Gasteiger partial charge in [0.05, 0.1) is 28.3 Å². The minimum Gasteiger partial charge on any atom is -0.332 e. The van der Waals surface area contributed by atoms with Gasteiger partial charge in [-0.05, 0) is 44.4 Å². The summed E-state index contributed by atoms with van der Waals surface area (Å²) < 4.78 is 24.5. The molecule has 2 aliphatic heterocycles. The summed E-state index contributed by atoms with van der Waals surface area (Å²) in [5.74, 6) is 0.0801. The second kappa shape index (κ2) is 6.71. The molecular formula is C20H23N3O3S. The monoisotopic (exact) mass is 385 g/mol. The Morgan fingerprint density at radius 3 is 2.67 bits per heavy atom. The van der Waals surface area contributed by atoms with Gasteiger partial charge in [-0.2, -0.15) is 0 Å².